The summed E-state index contributed by atoms with van der Waals surface area (Å²) in [5.41, 5.74) is 0.552. The SMILES string of the molecule is CC1C2CC(C3CCCC(O)C3)C(C2)C1(C)C. The average molecular weight is 236 g/mol. The van der Waals surface area contributed by atoms with Crippen molar-refractivity contribution >= 4 is 0 Å². The Balaban J connectivity index is 1.74. The second-order valence-electron chi connectivity index (χ2n) is 7.69. The molecule has 0 amide bonds. The third-order valence-corrected chi connectivity index (χ3v) is 6.78. The molecule has 0 aromatic heterocycles. The third-order valence-electron chi connectivity index (χ3n) is 6.78. The van der Waals surface area contributed by atoms with Gasteiger partial charge in [-0.15, -0.1) is 0 Å². The van der Waals surface area contributed by atoms with Gasteiger partial charge in [0.25, 0.3) is 0 Å². The van der Waals surface area contributed by atoms with E-state index in [1.807, 2.05) is 0 Å². The zero-order chi connectivity index (χ0) is 12.2. The predicted octanol–water partition coefficient (Wildman–Crippen LogP) is 3.86. The quantitative estimate of drug-likeness (QED) is 0.733. The van der Waals surface area contributed by atoms with Crippen molar-refractivity contribution in [1.29, 1.82) is 0 Å². The molecular formula is C16H28O. The van der Waals surface area contributed by atoms with E-state index < -0.39 is 0 Å². The van der Waals surface area contributed by atoms with E-state index in [1.54, 1.807) is 0 Å². The lowest BCUT2D eigenvalue weighted by atomic mass is 9.60. The molecule has 1 nitrogen and oxygen atoms in total. The van der Waals surface area contributed by atoms with E-state index in [1.165, 1.54) is 25.7 Å². The minimum atomic E-state index is 0.00779. The molecule has 0 spiro atoms. The van der Waals surface area contributed by atoms with Crippen molar-refractivity contribution in [1.82, 2.24) is 0 Å². The molecule has 3 aliphatic rings. The highest BCUT2D eigenvalue weighted by Gasteiger charge is 2.56. The predicted molar refractivity (Wildman–Crippen MR) is 70.6 cm³/mol. The highest BCUT2D eigenvalue weighted by atomic mass is 16.3. The first-order valence-corrected chi connectivity index (χ1v) is 7.68. The van der Waals surface area contributed by atoms with E-state index in [4.69, 9.17) is 0 Å². The lowest BCUT2D eigenvalue weighted by Gasteiger charge is -2.45. The van der Waals surface area contributed by atoms with Crippen molar-refractivity contribution in [3.63, 3.8) is 0 Å². The maximum absolute atomic E-state index is 9.89. The largest absolute Gasteiger partial charge is 0.393 e. The summed E-state index contributed by atoms with van der Waals surface area (Å²) < 4.78 is 0. The first-order valence-electron chi connectivity index (χ1n) is 7.68. The van der Waals surface area contributed by atoms with E-state index in [9.17, 15) is 5.11 Å². The third kappa shape index (κ3) is 1.77. The van der Waals surface area contributed by atoms with Crippen molar-refractivity contribution in [3.05, 3.63) is 0 Å². The van der Waals surface area contributed by atoms with Crippen LogP contribution in [0.1, 0.15) is 59.3 Å². The van der Waals surface area contributed by atoms with Crippen molar-refractivity contribution < 1.29 is 5.11 Å². The van der Waals surface area contributed by atoms with Gasteiger partial charge in [-0.2, -0.15) is 0 Å². The molecule has 3 rings (SSSR count). The summed E-state index contributed by atoms with van der Waals surface area (Å²) in [6.07, 6.45) is 7.74. The molecular weight excluding hydrogens is 208 g/mol. The second kappa shape index (κ2) is 3.98. The van der Waals surface area contributed by atoms with Gasteiger partial charge >= 0.3 is 0 Å². The number of rotatable bonds is 1. The van der Waals surface area contributed by atoms with E-state index >= 15 is 0 Å². The van der Waals surface area contributed by atoms with Crippen LogP contribution in [0, 0.1) is 35.0 Å². The summed E-state index contributed by atoms with van der Waals surface area (Å²) in [6.45, 7) is 7.46. The Morgan fingerprint density at radius 2 is 1.76 bits per heavy atom. The summed E-state index contributed by atoms with van der Waals surface area (Å²) in [5, 5.41) is 9.89. The topological polar surface area (TPSA) is 20.2 Å². The van der Waals surface area contributed by atoms with Gasteiger partial charge in [-0.25, -0.2) is 0 Å². The van der Waals surface area contributed by atoms with Gasteiger partial charge in [0.05, 0.1) is 6.10 Å². The van der Waals surface area contributed by atoms with E-state index in [2.05, 4.69) is 20.8 Å². The Labute approximate surface area is 106 Å². The number of aliphatic hydroxyl groups excluding tert-OH is 1. The van der Waals surface area contributed by atoms with Crippen LogP contribution in [-0.2, 0) is 0 Å². The molecule has 0 radical (unpaired) electrons. The summed E-state index contributed by atoms with van der Waals surface area (Å²) >= 11 is 0. The lowest BCUT2D eigenvalue weighted by Crippen LogP contribution is -2.38. The zero-order valence-electron chi connectivity index (χ0n) is 11.7. The first-order chi connectivity index (χ1) is 8.00. The fourth-order valence-electron chi connectivity index (χ4n) is 5.43. The van der Waals surface area contributed by atoms with Gasteiger partial charge in [0.15, 0.2) is 0 Å². The lowest BCUT2D eigenvalue weighted by molar-refractivity contribution is 0.0154. The van der Waals surface area contributed by atoms with Gasteiger partial charge in [0, 0.05) is 0 Å². The monoisotopic (exact) mass is 236 g/mol. The molecule has 0 saturated heterocycles. The molecule has 0 heterocycles. The molecule has 17 heavy (non-hydrogen) atoms. The van der Waals surface area contributed by atoms with Crippen LogP contribution in [0.15, 0.2) is 0 Å². The molecule has 1 heteroatoms. The standard InChI is InChI=1S/C16H28O/c1-10-12-8-14(15(9-12)16(10,2)3)11-5-4-6-13(17)7-11/h10-15,17H,4-9H2,1-3H3. The van der Waals surface area contributed by atoms with Crippen LogP contribution in [0.4, 0.5) is 0 Å². The number of hydrogen-bond acceptors (Lipinski definition) is 1. The van der Waals surface area contributed by atoms with Crippen LogP contribution < -0.4 is 0 Å². The minimum absolute atomic E-state index is 0.00779. The normalized spacial score (nSPS) is 52.9. The fourth-order valence-corrected chi connectivity index (χ4v) is 5.43. The van der Waals surface area contributed by atoms with Crippen LogP contribution in [-0.4, -0.2) is 11.2 Å². The zero-order valence-corrected chi connectivity index (χ0v) is 11.7. The Kier molecular flexibility index (Phi) is 2.81. The summed E-state index contributed by atoms with van der Waals surface area (Å²) in [6, 6.07) is 0. The Bertz CT molecular complexity index is 296. The number of aliphatic hydroxyl groups is 1. The molecule has 2 bridgehead atoms. The smallest absolute Gasteiger partial charge is 0.0543 e. The first kappa shape index (κ1) is 12.0. The van der Waals surface area contributed by atoms with E-state index in [0.29, 0.717) is 5.41 Å². The van der Waals surface area contributed by atoms with Gasteiger partial charge in [-0.05, 0) is 67.1 Å². The minimum Gasteiger partial charge on any atom is -0.393 e. The molecule has 3 aliphatic carbocycles. The molecule has 3 saturated carbocycles. The van der Waals surface area contributed by atoms with Crippen molar-refractivity contribution in [2.24, 2.45) is 35.0 Å². The Morgan fingerprint density at radius 3 is 2.35 bits per heavy atom. The van der Waals surface area contributed by atoms with Crippen LogP contribution >= 0.6 is 0 Å². The molecule has 0 aromatic carbocycles. The van der Waals surface area contributed by atoms with Crippen molar-refractivity contribution in [2.45, 2.75) is 65.4 Å². The maximum Gasteiger partial charge on any atom is 0.0543 e. The van der Waals surface area contributed by atoms with Crippen molar-refractivity contribution in [3.8, 4) is 0 Å². The van der Waals surface area contributed by atoms with Gasteiger partial charge in [0.2, 0.25) is 0 Å². The van der Waals surface area contributed by atoms with Crippen molar-refractivity contribution in [2.75, 3.05) is 0 Å². The van der Waals surface area contributed by atoms with E-state index in [0.717, 1.165) is 42.4 Å². The van der Waals surface area contributed by atoms with Gasteiger partial charge in [-0.1, -0.05) is 27.2 Å². The van der Waals surface area contributed by atoms with Gasteiger partial charge in [0.1, 0.15) is 0 Å². The van der Waals surface area contributed by atoms with Gasteiger partial charge < -0.3 is 5.11 Å². The molecule has 6 atom stereocenters. The van der Waals surface area contributed by atoms with Gasteiger partial charge in [-0.3, -0.25) is 0 Å². The Morgan fingerprint density at radius 1 is 1.00 bits per heavy atom. The molecule has 6 unspecified atom stereocenters. The second-order valence-corrected chi connectivity index (χ2v) is 7.69. The fraction of sp³-hybridized carbons (Fsp3) is 1.00. The van der Waals surface area contributed by atoms with Crippen LogP contribution in [0.2, 0.25) is 0 Å². The average Bonchev–Trinajstić information content (AvgIpc) is 2.79. The summed E-state index contributed by atoms with van der Waals surface area (Å²) in [5.74, 6) is 4.61. The summed E-state index contributed by atoms with van der Waals surface area (Å²) in [7, 11) is 0. The van der Waals surface area contributed by atoms with Crippen LogP contribution in [0.5, 0.6) is 0 Å². The molecule has 98 valence electrons. The molecule has 0 aromatic rings. The molecule has 1 N–H and O–H groups in total. The molecule has 3 fully saturated rings. The molecule has 0 aliphatic heterocycles. The van der Waals surface area contributed by atoms with E-state index in [-0.39, 0.29) is 6.10 Å². The maximum atomic E-state index is 9.89. The number of fused-ring (bicyclic) bond motifs is 2. The Hall–Kier alpha value is -0.0400. The highest BCUT2D eigenvalue weighted by Crippen LogP contribution is 2.64. The van der Waals surface area contributed by atoms with Crippen LogP contribution in [0.3, 0.4) is 0 Å². The van der Waals surface area contributed by atoms with Crippen LogP contribution in [0.25, 0.3) is 0 Å². The number of hydrogen-bond donors (Lipinski definition) is 1. The highest BCUT2D eigenvalue weighted by molar-refractivity contribution is 5.05. The summed E-state index contributed by atoms with van der Waals surface area (Å²) in [4.78, 5) is 0.